The molecule has 1 fully saturated rings. The minimum Gasteiger partial charge on any atom is -0.508 e. The fraction of sp³-hybridized carbons (Fsp3) is 0.217. The summed E-state index contributed by atoms with van der Waals surface area (Å²) in [6, 6.07) is 12.6. The number of benzene rings is 2. The predicted octanol–water partition coefficient (Wildman–Crippen LogP) is 5.14. The molecule has 31 heavy (non-hydrogen) atoms. The number of anilines is 1. The first-order valence-electron chi connectivity index (χ1n) is 9.96. The molecule has 1 aliphatic heterocycles. The largest absolute Gasteiger partial charge is 0.508 e. The molecule has 2 aromatic heterocycles. The maximum atomic E-state index is 14.1. The predicted molar refractivity (Wildman–Crippen MR) is 112 cm³/mol. The number of phenolic OH excluding ortho intramolecular Hbond substituents is 1. The van der Waals surface area contributed by atoms with Crippen molar-refractivity contribution in [3.63, 3.8) is 0 Å². The highest BCUT2D eigenvalue weighted by Gasteiger charge is 2.36. The van der Waals surface area contributed by atoms with Crippen LogP contribution in [-0.4, -0.2) is 38.5 Å². The normalized spacial score (nSPS) is 16.0. The van der Waals surface area contributed by atoms with Gasteiger partial charge in [0, 0.05) is 36.5 Å². The summed E-state index contributed by atoms with van der Waals surface area (Å²) in [6.45, 7) is 0.0580. The molecule has 158 valence electrons. The van der Waals surface area contributed by atoms with Gasteiger partial charge in [-0.2, -0.15) is 0 Å². The van der Waals surface area contributed by atoms with Crippen molar-refractivity contribution < 1.29 is 18.3 Å². The maximum absolute atomic E-state index is 14.1. The van der Waals surface area contributed by atoms with Gasteiger partial charge < -0.3 is 10.0 Å². The molecule has 5 nitrogen and oxygen atoms in total. The molecule has 0 amide bonds. The highest BCUT2D eigenvalue weighted by atomic mass is 19.3. The van der Waals surface area contributed by atoms with Crippen LogP contribution in [0.2, 0.25) is 0 Å². The van der Waals surface area contributed by atoms with Crippen molar-refractivity contribution in [2.75, 3.05) is 18.0 Å². The Hall–Kier alpha value is -3.55. The zero-order valence-electron chi connectivity index (χ0n) is 16.5. The fourth-order valence-corrected chi connectivity index (χ4v) is 4.04. The number of hydrogen-bond donors (Lipinski definition) is 1. The van der Waals surface area contributed by atoms with E-state index >= 15 is 0 Å². The molecule has 0 radical (unpaired) electrons. The number of piperidine rings is 1. The molecule has 0 spiro atoms. The highest BCUT2D eigenvalue weighted by molar-refractivity contribution is 5.84. The second-order valence-corrected chi connectivity index (χ2v) is 7.69. The van der Waals surface area contributed by atoms with Crippen LogP contribution < -0.4 is 4.90 Å². The van der Waals surface area contributed by atoms with E-state index in [4.69, 9.17) is 4.98 Å². The van der Waals surface area contributed by atoms with Gasteiger partial charge in [0.1, 0.15) is 11.6 Å². The van der Waals surface area contributed by atoms with E-state index in [1.165, 1.54) is 12.1 Å². The Bertz CT molecular complexity index is 1240. The number of aromatic nitrogens is 3. The van der Waals surface area contributed by atoms with Gasteiger partial charge in [-0.1, -0.05) is 0 Å². The van der Waals surface area contributed by atoms with E-state index < -0.39 is 12.5 Å². The molecule has 2 aromatic carbocycles. The van der Waals surface area contributed by atoms with E-state index in [-0.39, 0.29) is 18.0 Å². The summed E-state index contributed by atoms with van der Waals surface area (Å²) in [5.74, 6) is -2.63. The van der Waals surface area contributed by atoms with Crippen molar-refractivity contribution in [1.29, 1.82) is 0 Å². The number of nitrogens with zero attached hydrogens (tertiary/aromatic N) is 4. The molecule has 5 rings (SSSR count). The molecular weight excluding hydrogens is 405 g/mol. The third-order valence-corrected chi connectivity index (χ3v) is 5.47. The van der Waals surface area contributed by atoms with E-state index in [1.54, 1.807) is 58.1 Å². The first-order chi connectivity index (χ1) is 14.9. The standard InChI is InChI=1S/C23H19F3N4O/c24-17-6-2-15(3-7-17)19-20(16-4-8-18(31)9-5-16)30-13-11-27-21(22(30)28-19)29-12-1-10-23(25,26)14-29/h2-9,11,13,31H,1,10,12,14H2. The van der Waals surface area contributed by atoms with Crippen molar-refractivity contribution in [1.82, 2.24) is 14.4 Å². The van der Waals surface area contributed by atoms with Gasteiger partial charge in [0.25, 0.3) is 5.92 Å². The number of halogens is 3. The summed E-state index contributed by atoms with van der Waals surface area (Å²) in [6.07, 6.45) is 3.52. The molecule has 3 heterocycles. The van der Waals surface area contributed by atoms with Crippen molar-refractivity contribution in [2.24, 2.45) is 0 Å². The third-order valence-electron chi connectivity index (χ3n) is 5.47. The van der Waals surface area contributed by atoms with Gasteiger partial charge in [-0.25, -0.2) is 23.1 Å². The average molecular weight is 424 g/mol. The number of imidazole rings is 1. The van der Waals surface area contributed by atoms with Crippen LogP contribution in [-0.2, 0) is 0 Å². The van der Waals surface area contributed by atoms with Gasteiger partial charge in [-0.05, 0) is 55.0 Å². The monoisotopic (exact) mass is 424 g/mol. The summed E-state index contributed by atoms with van der Waals surface area (Å²) in [5, 5.41) is 9.70. The third kappa shape index (κ3) is 3.58. The molecule has 4 aromatic rings. The van der Waals surface area contributed by atoms with E-state index in [0.29, 0.717) is 41.4 Å². The van der Waals surface area contributed by atoms with Crippen LogP contribution in [0.15, 0.2) is 60.9 Å². The summed E-state index contributed by atoms with van der Waals surface area (Å²) in [5.41, 5.74) is 3.18. The molecule has 1 aliphatic rings. The smallest absolute Gasteiger partial charge is 0.265 e. The van der Waals surface area contributed by atoms with Gasteiger partial charge in [0.05, 0.1) is 17.9 Å². The zero-order chi connectivity index (χ0) is 21.6. The number of aromatic hydroxyl groups is 1. The molecule has 0 aliphatic carbocycles. The van der Waals surface area contributed by atoms with Gasteiger partial charge in [0.2, 0.25) is 0 Å². The minimum absolute atomic E-state index is 0.124. The van der Waals surface area contributed by atoms with Crippen molar-refractivity contribution in [3.8, 4) is 28.3 Å². The van der Waals surface area contributed by atoms with E-state index in [9.17, 15) is 18.3 Å². The van der Waals surface area contributed by atoms with Crippen LogP contribution >= 0.6 is 0 Å². The molecule has 1 N–H and O–H groups in total. The summed E-state index contributed by atoms with van der Waals surface area (Å²) in [7, 11) is 0. The van der Waals surface area contributed by atoms with Crippen LogP contribution in [0.3, 0.4) is 0 Å². The lowest BCUT2D eigenvalue weighted by Crippen LogP contribution is -2.43. The topological polar surface area (TPSA) is 53.7 Å². The second kappa shape index (κ2) is 7.30. The van der Waals surface area contributed by atoms with E-state index in [1.807, 2.05) is 0 Å². The highest BCUT2D eigenvalue weighted by Crippen LogP contribution is 2.37. The SMILES string of the molecule is Oc1ccc(-c2c(-c3ccc(F)cc3)nc3c(N4CCCC(F)(F)C4)nccn23)cc1. The fourth-order valence-electron chi connectivity index (χ4n) is 4.04. The Labute approximate surface area is 176 Å². The molecule has 0 unspecified atom stereocenters. The first-order valence-corrected chi connectivity index (χ1v) is 9.96. The van der Waals surface area contributed by atoms with Gasteiger partial charge in [-0.3, -0.25) is 4.40 Å². The Kier molecular flexibility index (Phi) is 4.57. The number of hydrogen-bond acceptors (Lipinski definition) is 4. The lowest BCUT2D eigenvalue weighted by atomic mass is 10.0. The van der Waals surface area contributed by atoms with Gasteiger partial charge in [-0.15, -0.1) is 0 Å². The second-order valence-electron chi connectivity index (χ2n) is 7.69. The molecule has 1 saturated heterocycles. The van der Waals surface area contributed by atoms with Gasteiger partial charge >= 0.3 is 0 Å². The number of alkyl halides is 2. The van der Waals surface area contributed by atoms with Crippen LogP contribution in [0, 0.1) is 5.82 Å². The minimum atomic E-state index is -2.78. The van der Waals surface area contributed by atoms with Crippen molar-refractivity contribution in [3.05, 3.63) is 66.7 Å². The lowest BCUT2D eigenvalue weighted by Gasteiger charge is -2.33. The first kappa shape index (κ1) is 19.4. The Morgan fingerprint density at radius 2 is 1.68 bits per heavy atom. The van der Waals surface area contributed by atoms with Crippen LogP contribution in [0.1, 0.15) is 12.8 Å². The molecule has 0 saturated carbocycles. The van der Waals surface area contributed by atoms with E-state index in [2.05, 4.69) is 4.98 Å². The quantitative estimate of drug-likeness (QED) is 0.495. The number of rotatable bonds is 3. The van der Waals surface area contributed by atoms with Crippen LogP contribution in [0.5, 0.6) is 5.75 Å². The average Bonchev–Trinajstić information content (AvgIpc) is 3.14. The van der Waals surface area contributed by atoms with Crippen LogP contribution in [0.25, 0.3) is 28.2 Å². The summed E-state index contributed by atoms with van der Waals surface area (Å²) in [4.78, 5) is 10.7. The summed E-state index contributed by atoms with van der Waals surface area (Å²) >= 11 is 0. The zero-order valence-corrected chi connectivity index (χ0v) is 16.5. The summed E-state index contributed by atoms with van der Waals surface area (Å²) < 4.78 is 43.5. The number of phenols is 1. The lowest BCUT2D eigenvalue weighted by molar-refractivity contribution is -0.0118. The Balaban J connectivity index is 1.74. The van der Waals surface area contributed by atoms with E-state index in [0.717, 1.165) is 5.56 Å². The number of fused-ring (bicyclic) bond motifs is 1. The Morgan fingerprint density at radius 3 is 2.39 bits per heavy atom. The van der Waals surface area contributed by atoms with Gasteiger partial charge in [0.15, 0.2) is 11.5 Å². The van der Waals surface area contributed by atoms with Crippen molar-refractivity contribution >= 4 is 11.5 Å². The molecule has 0 atom stereocenters. The molecular formula is C23H19F3N4O. The van der Waals surface area contributed by atoms with Crippen LogP contribution in [0.4, 0.5) is 19.0 Å². The molecule has 8 heteroatoms. The maximum Gasteiger partial charge on any atom is 0.265 e. The van der Waals surface area contributed by atoms with Crippen molar-refractivity contribution in [2.45, 2.75) is 18.8 Å². The Morgan fingerprint density at radius 1 is 0.968 bits per heavy atom. The molecule has 0 bridgehead atoms.